The van der Waals surface area contributed by atoms with Crippen molar-refractivity contribution in [2.45, 2.75) is 6.10 Å². The van der Waals surface area contributed by atoms with Crippen molar-refractivity contribution < 1.29 is 9.53 Å². The molecule has 2 rings (SSSR count). The molecule has 1 aliphatic heterocycles. The van der Waals surface area contributed by atoms with Gasteiger partial charge < -0.3 is 4.74 Å². The number of fused-ring (bicyclic) bond motifs is 1. The lowest BCUT2D eigenvalue weighted by molar-refractivity contribution is -0.120. The first kappa shape index (κ1) is 6.40. The molecule has 1 aliphatic carbocycles. The molecule has 2 aliphatic rings. The van der Waals surface area contributed by atoms with E-state index < -0.39 is 0 Å². The molecule has 0 amide bonds. The largest absolute Gasteiger partial charge is 0.493 e. The Balaban J connectivity index is 2.30. The number of ether oxygens (including phenoxy) is 1. The molecule has 2 unspecified atom stereocenters. The number of ketones is 1. The zero-order chi connectivity index (χ0) is 7.68. The predicted molar refractivity (Wildman–Crippen MR) is 40.8 cm³/mol. The van der Waals surface area contributed by atoms with Crippen LogP contribution in [-0.4, -0.2) is 11.9 Å². The first-order chi connectivity index (χ1) is 5.38. The third-order valence-corrected chi connectivity index (χ3v) is 1.88. The van der Waals surface area contributed by atoms with Crippen LogP contribution < -0.4 is 0 Å². The molecule has 0 bridgehead atoms. The maximum atomic E-state index is 11.2. The van der Waals surface area contributed by atoms with Crippen LogP contribution in [0.2, 0.25) is 0 Å². The van der Waals surface area contributed by atoms with Gasteiger partial charge in [-0.2, -0.15) is 0 Å². The van der Waals surface area contributed by atoms with Gasteiger partial charge in [0.15, 0.2) is 5.78 Å². The van der Waals surface area contributed by atoms with Gasteiger partial charge in [-0.25, -0.2) is 0 Å². The van der Waals surface area contributed by atoms with Gasteiger partial charge in [0.05, 0.1) is 12.2 Å². The summed E-state index contributed by atoms with van der Waals surface area (Å²) in [6, 6.07) is 0. The van der Waals surface area contributed by atoms with Crippen LogP contribution in [-0.2, 0) is 9.53 Å². The van der Waals surface area contributed by atoms with Crippen LogP contribution in [0, 0.1) is 5.92 Å². The number of carbonyl (C=O) groups is 1. The molecule has 56 valence electrons. The van der Waals surface area contributed by atoms with Crippen LogP contribution in [0.25, 0.3) is 0 Å². The van der Waals surface area contributed by atoms with Crippen LogP contribution in [0.3, 0.4) is 0 Å². The molecule has 0 aromatic heterocycles. The second-order valence-electron chi connectivity index (χ2n) is 2.60. The van der Waals surface area contributed by atoms with E-state index in [1.54, 1.807) is 0 Å². The van der Waals surface area contributed by atoms with E-state index in [0.717, 1.165) is 0 Å². The average Bonchev–Trinajstić information content (AvgIpc) is 2.06. The Bertz CT molecular complexity index is 261. The van der Waals surface area contributed by atoms with Gasteiger partial charge in [-0.1, -0.05) is 18.2 Å². The lowest BCUT2D eigenvalue weighted by atomic mass is 9.92. The molecule has 1 heterocycles. The Morgan fingerprint density at radius 3 is 2.91 bits per heavy atom. The van der Waals surface area contributed by atoms with E-state index >= 15 is 0 Å². The van der Waals surface area contributed by atoms with Crippen LogP contribution >= 0.6 is 0 Å². The Kier molecular flexibility index (Phi) is 1.39. The van der Waals surface area contributed by atoms with Crippen molar-refractivity contribution in [3.05, 3.63) is 36.6 Å². The van der Waals surface area contributed by atoms with Gasteiger partial charge in [0.1, 0.15) is 6.10 Å². The van der Waals surface area contributed by atoms with Crippen molar-refractivity contribution in [3.63, 3.8) is 0 Å². The molecule has 2 nitrogen and oxygen atoms in total. The van der Waals surface area contributed by atoms with Crippen molar-refractivity contribution in [1.82, 2.24) is 0 Å². The summed E-state index contributed by atoms with van der Waals surface area (Å²) in [7, 11) is 0. The van der Waals surface area contributed by atoms with Crippen molar-refractivity contribution in [2.24, 2.45) is 5.92 Å². The summed E-state index contributed by atoms with van der Waals surface area (Å²) >= 11 is 0. The summed E-state index contributed by atoms with van der Waals surface area (Å²) in [5.74, 6) is 0.0341. The van der Waals surface area contributed by atoms with Crippen LogP contribution in [0.5, 0.6) is 0 Å². The van der Waals surface area contributed by atoms with Crippen molar-refractivity contribution in [1.29, 1.82) is 0 Å². The first-order valence-corrected chi connectivity index (χ1v) is 3.59. The smallest absolute Gasteiger partial charge is 0.169 e. The molecular formula is C9H8O2. The van der Waals surface area contributed by atoms with E-state index in [2.05, 4.69) is 0 Å². The summed E-state index contributed by atoms with van der Waals surface area (Å²) in [5.41, 5.74) is 0. The van der Waals surface area contributed by atoms with E-state index in [9.17, 15) is 4.79 Å². The fourth-order valence-electron chi connectivity index (χ4n) is 1.28. The highest BCUT2D eigenvalue weighted by atomic mass is 16.5. The number of rotatable bonds is 0. The highest BCUT2D eigenvalue weighted by Gasteiger charge is 2.27. The lowest BCUT2D eigenvalue weighted by Crippen LogP contribution is -2.29. The van der Waals surface area contributed by atoms with E-state index in [-0.39, 0.29) is 17.8 Å². The summed E-state index contributed by atoms with van der Waals surface area (Å²) < 4.78 is 5.21. The van der Waals surface area contributed by atoms with Gasteiger partial charge in [-0.15, -0.1) is 0 Å². The van der Waals surface area contributed by atoms with Gasteiger partial charge in [0, 0.05) is 6.08 Å². The lowest BCUT2D eigenvalue weighted by Gasteiger charge is -2.24. The Labute approximate surface area is 64.9 Å². The van der Waals surface area contributed by atoms with E-state index in [0.29, 0.717) is 0 Å². The molecule has 0 saturated heterocycles. The molecule has 0 aromatic rings. The molecule has 2 atom stereocenters. The van der Waals surface area contributed by atoms with Crippen molar-refractivity contribution >= 4 is 5.78 Å². The summed E-state index contributed by atoms with van der Waals surface area (Å²) in [4.78, 5) is 11.2. The maximum Gasteiger partial charge on any atom is 0.169 e. The van der Waals surface area contributed by atoms with Gasteiger partial charge in [0.25, 0.3) is 0 Å². The molecule has 11 heavy (non-hydrogen) atoms. The Hall–Kier alpha value is -1.31. The van der Waals surface area contributed by atoms with E-state index in [1.807, 2.05) is 24.3 Å². The third kappa shape index (κ3) is 1.00. The summed E-state index contributed by atoms with van der Waals surface area (Å²) in [6.07, 6.45) is 10.4. The van der Waals surface area contributed by atoms with Gasteiger partial charge in [0.2, 0.25) is 0 Å². The summed E-state index contributed by atoms with van der Waals surface area (Å²) in [5, 5.41) is 0. The molecule has 2 heteroatoms. The number of hydrogen-bond acceptors (Lipinski definition) is 2. The van der Waals surface area contributed by atoms with Crippen LogP contribution in [0.1, 0.15) is 0 Å². The van der Waals surface area contributed by atoms with E-state index in [4.69, 9.17) is 4.74 Å². The third-order valence-electron chi connectivity index (χ3n) is 1.88. The average molecular weight is 148 g/mol. The first-order valence-electron chi connectivity index (χ1n) is 3.59. The minimum absolute atomic E-state index is 0.0718. The molecule has 0 saturated carbocycles. The quantitative estimate of drug-likeness (QED) is 0.516. The molecule has 0 aromatic carbocycles. The molecular weight excluding hydrogens is 140 g/mol. The fraction of sp³-hybridized carbons (Fsp3) is 0.222. The Morgan fingerprint density at radius 1 is 1.27 bits per heavy atom. The van der Waals surface area contributed by atoms with Crippen LogP contribution in [0.4, 0.5) is 0 Å². The zero-order valence-electron chi connectivity index (χ0n) is 5.94. The second kappa shape index (κ2) is 2.38. The number of allylic oxidation sites excluding steroid dienone is 3. The minimum atomic E-state index is -0.0926. The standard InChI is InChI=1S/C9H8O2/c10-8-5-6-11-9-4-2-1-3-7(8)9/h1-7,9H. The highest BCUT2D eigenvalue weighted by molar-refractivity contribution is 5.94. The molecule has 0 N–H and O–H groups in total. The summed E-state index contributed by atoms with van der Waals surface area (Å²) in [6.45, 7) is 0. The van der Waals surface area contributed by atoms with Gasteiger partial charge in [-0.3, -0.25) is 4.79 Å². The normalized spacial score (nSPS) is 33.3. The second-order valence-corrected chi connectivity index (χ2v) is 2.60. The van der Waals surface area contributed by atoms with Gasteiger partial charge in [-0.05, 0) is 6.08 Å². The van der Waals surface area contributed by atoms with E-state index in [1.165, 1.54) is 12.3 Å². The van der Waals surface area contributed by atoms with Crippen molar-refractivity contribution in [2.75, 3.05) is 0 Å². The van der Waals surface area contributed by atoms with Crippen molar-refractivity contribution in [3.8, 4) is 0 Å². The maximum absolute atomic E-state index is 11.2. The number of hydrogen-bond donors (Lipinski definition) is 0. The SMILES string of the molecule is O=C1C=COC2C=CC=CC12. The van der Waals surface area contributed by atoms with Gasteiger partial charge >= 0.3 is 0 Å². The molecule has 0 spiro atoms. The monoisotopic (exact) mass is 148 g/mol. The topological polar surface area (TPSA) is 26.3 Å². The molecule has 0 radical (unpaired) electrons. The molecule has 0 fully saturated rings. The Morgan fingerprint density at radius 2 is 2.09 bits per heavy atom. The van der Waals surface area contributed by atoms with Crippen LogP contribution in [0.15, 0.2) is 36.6 Å². The zero-order valence-corrected chi connectivity index (χ0v) is 5.94. The fourth-order valence-corrected chi connectivity index (χ4v) is 1.28. The minimum Gasteiger partial charge on any atom is -0.493 e. The predicted octanol–water partition coefficient (Wildman–Crippen LogP) is 1.21. The highest BCUT2D eigenvalue weighted by Crippen LogP contribution is 2.21. The number of carbonyl (C=O) groups excluding carboxylic acids is 1.